The number of nitrogens with one attached hydrogen (secondary N) is 1. The Labute approximate surface area is 167 Å². The van der Waals surface area contributed by atoms with Crippen LogP contribution in [0, 0.1) is 0 Å². The third kappa shape index (κ3) is 6.29. The Morgan fingerprint density at radius 3 is 2.30 bits per heavy atom. The number of rotatable bonds is 7. The molecule has 27 heavy (non-hydrogen) atoms. The summed E-state index contributed by atoms with van der Waals surface area (Å²) in [7, 11) is 3.04. The first-order valence-electron chi connectivity index (χ1n) is 9.07. The molecule has 3 N–H and O–H groups in total. The van der Waals surface area contributed by atoms with Crippen molar-refractivity contribution in [3.05, 3.63) is 17.7 Å². The highest BCUT2D eigenvalue weighted by Gasteiger charge is 2.24. The first kappa shape index (κ1) is 23.0. The molecular weight excluding hydrogens is 370 g/mol. The van der Waals surface area contributed by atoms with Gasteiger partial charge in [-0.25, -0.2) is 0 Å². The van der Waals surface area contributed by atoms with Gasteiger partial charge in [0.1, 0.15) is 0 Å². The molecule has 1 heterocycles. The molecule has 1 atom stereocenters. The summed E-state index contributed by atoms with van der Waals surface area (Å²) in [6, 6.07) is 3.22. The third-order valence-corrected chi connectivity index (χ3v) is 4.50. The Bertz CT molecular complexity index is 646. The molecule has 0 saturated carbocycles. The van der Waals surface area contributed by atoms with Gasteiger partial charge in [-0.1, -0.05) is 0 Å². The molecule has 1 aromatic carbocycles. The number of carbonyl (C=O) groups excluding carboxylic acids is 2. The largest absolute Gasteiger partial charge is 0.493 e. The lowest BCUT2D eigenvalue weighted by Gasteiger charge is -2.28. The van der Waals surface area contributed by atoms with E-state index in [1.165, 1.54) is 14.2 Å². The summed E-state index contributed by atoms with van der Waals surface area (Å²) in [5.74, 6) is 0.641. The molecule has 0 aliphatic carbocycles. The lowest BCUT2D eigenvalue weighted by molar-refractivity contribution is -0.116. The van der Waals surface area contributed by atoms with Gasteiger partial charge in [0.15, 0.2) is 11.5 Å². The molecule has 1 aromatic rings. The van der Waals surface area contributed by atoms with Gasteiger partial charge in [-0.2, -0.15) is 0 Å². The van der Waals surface area contributed by atoms with Crippen LogP contribution in [0.5, 0.6) is 11.5 Å². The highest BCUT2D eigenvalue weighted by atomic mass is 35.5. The van der Waals surface area contributed by atoms with Crippen LogP contribution in [-0.2, 0) is 4.79 Å². The average Bonchev–Trinajstić information content (AvgIpc) is 2.66. The van der Waals surface area contributed by atoms with Gasteiger partial charge < -0.3 is 25.4 Å². The second kappa shape index (κ2) is 11.0. The fourth-order valence-corrected chi connectivity index (χ4v) is 3.00. The van der Waals surface area contributed by atoms with E-state index in [1.807, 2.05) is 11.8 Å². The van der Waals surface area contributed by atoms with Crippen molar-refractivity contribution in [2.24, 2.45) is 5.73 Å². The number of ether oxygens (including phenoxy) is 2. The summed E-state index contributed by atoms with van der Waals surface area (Å²) in [6.07, 6.45) is 4.00. The predicted octanol–water partition coefficient (Wildman–Crippen LogP) is 2.82. The monoisotopic (exact) mass is 399 g/mol. The minimum Gasteiger partial charge on any atom is -0.493 e. The van der Waals surface area contributed by atoms with Crippen molar-refractivity contribution in [3.8, 4) is 11.5 Å². The van der Waals surface area contributed by atoms with Gasteiger partial charge in [0.25, 0.3) is 5.91 Å². The van der Waals surface area contributed by atoms with Crippen molar-refractivity contribution in [3.63, 3.8) is 0 Å². The van der Waals surface area contributed by atoms with Crippen LogP contribution in [0.15, 0.2) is 12.1 Å². The van der Waals surface area contributed by atoms with Crippen molar-refractivity contribution in [2.75, 3.05) is 32.6 Å². The van der Waals surface area contributed by atoms with E-state index in [2.05, 4.69) is 5.32 Å². The van der Waals surface area contributed by atoms with Gasteiger partial charge in [0.05, 0.1) is 25.5 Å². The highest BCUT2D eigenvalue weighted by molar-refractivity contribution is 6.04. The first-order valence-corrected chi connectivity index (χ1v) is 9.07. The molecule has 1 unspecified atom stereocenters. The predicted molar refractivity (Wildman–Crippen MR) is 108 cm³/mol. The number of likely N-dealkylation sites (tertiary alicyclic amines) is 1. The number of methoxy groups -OCH3 is 2. The smallest absolute Gasteiger partial charge is 0.256 e. The Morgan fingerprint density at radius 1 is 1.15 bits per heavy atom. The molecule has 7 nitrogen and oxygen atoms in total. The van der Waals surface area contributed by atoms with Gasteiger partial charge in [0, 0.05) is 31.6 Å². The van der Waals surface area contributed by atoms with Crippen molar-refractivity contribution >= 4 is 29.9 Å². The molecule has 152 valence electrons. The molecule has 0 radical (unpaired) electrons. The van der Waals surface area contributed by atoms with Crippen molar-refractivity contribution in [2.45, 2.75) is 45.1 Å². The third-order valence-electron chi connectivity index (χ3n) is 4.50. The van der Waals surface area contributed by atoms with E-state index in [1.54, 1.807) is 12.1 Å². The number of amides is 2. The number of piperidine rings is 1. The second-order valence-corrected chi connectivity index (χ2v) is 6.67. The summed E-state index contributed by atoms with van der Waals surface area (Å²) in [4.78, 5) is 27.1. The minimum atomic E-state index is -0.179. The lowest BCUT2D eigenvalue weighted by Crippen LogP contribution is -2.36. The van der Waals surface area contributed by atoms with E-state index in [-0.39, 0.29) is 30.3 Å². The van der Waals surface area contributed by atoms with Gasteiger partial charge in [0.2, 0.25) is 5.91 Å². The standard InChI is InChI=1S/C19H29N3O4.ClH/c1-13(20)7-8-18(23)21-15-12-17(26-3)16(25-2)11-14(15)19(24)22-9-5-4-6-10-22;/h11-13H,4-10,20H2,1-3H3,(H,21,23);1H. The number of halogens is 1. The van der Waals surface area contributed by atoms with E-state index in [4.69, 9.17) is 15.2 Å². The minimum absolute atomic E-state index is 0. The number of carbonyl (C=O) groups is 2. The Hall–Kier alpha value is -1.99. The van der Waals surface area contributed by atoms with Gasteiger partial charge in [-0.05, 0) is 38.7 Å². The Morgan fingerprint density at radius 2 is 1.74 bits per heavy atom. The van der Waals surface area contributed by atoms with E-state index in [9.17, 15) is 9.59 Å². The zero-order valence-corrected chi connectivity index (χ0v) is 17.1. The summed E-state index contributed by atoms with van der Waals surface area (Å²) >= 11 is 0. The number of benzene rings is 1. The zero-order chi connectivity index (χ0) is 19.1. The molecule has 1 fully saturated rings. The quantitative estimate of drug-likeness (QED) is 0.735. The van der Waals surface area contributed by atoms with E-state index >= 15 is 0 Å². The zero-order valence-electron chi connectivity index (χ0n) is 16.2. The molecule has 0 aromatic heterocycles. The van der Waals surface area contributed by atoms with Crippen LogP contribution < -0.4 is 20.5 Å². The summed E-state index contributed by atoms with van der Waals surface area (Å²) in [5.41, 5.74) is 6.57. The van der Waals surface area contributed by atoms with Crippen LogP contribution >= 0.6 is 12.4 Å². The normalized spacial score (nSPS) is 14.7. The fourth-order valence-electron chi connectivity index (χ4n) is 3.00. The van der Waals surface area contributed by atoms with E-state index in [0.717, 1.165) is 32.4 Å². The molecule has 1 saturated heterocycles. The van der Waals surface area contributed by atoms with E-state index < -0.39 is 0 Å². The van der Waals surface area contributed by atoms with Gasteiger partial charge in [-0.15, -0.1) is 12.4 Å². The van der Waals surface area contributed by atoms with Gasteiger partial charge >= 0.3 is 0 Å². The molecule has 2 rings (SSSR count). The maximum Gasteiger partial charge on any atom is 0.256 e. The fraction of sp³-hybridized carbons (Fsp3) is 0.579. The van der Waals surface area contributed by atoms with Crippen molar-refractivity contribution < 1.29 is 19.1 Å². The Kier molecular flexibility index (Phi) is 9.38. The number of hydrogen-bond donors (Lipinski definition) is 2. The highest BCUT2D eigenvalue weighted by Crippen LogP contribution is 2.34. The molecule has 0 bridgehead atoms. The van der Waals surface area contributed by atoms with Crippen molar-refractivity contribution in [1.82, 2.24) is 4.90 Å². The van der Waals surface area contributed by atoms with Crippen LogP contribution in [0.25, 0.3) is 0 Å². The van der Waals surface area contributed by atoms with Crippen LogP contribution in [0.4, 0.5) is 5.69 Å². The molecule has 1 aliphatic rings. The van der Waals surface area contributed by atoms with Crippen LogP contribution in [0.2, 0.25) is 0 Å². The summed E-state index contributed by atoms with van der Waals surface area (Å²) in [6.45, 7) is 3.31. The van der Waals surface area contributed by atoms with E-state index in [0.29, 0.717) is 35.6 Å². The second-order valence-electron chi connectivity index (χ2n) is 6.67. The Balaban J connectivity index is 0.00000364. The van der Waals surface area contributed by atoms with Crippen LogP contribution in [-0.4, -0.2) is 50.1 Å². The number of hydrogen-bond acceptors (Lipinski definition) is 5. The molecule has 0 spiro atoms. The molecular formula is C19H30ClN3O4. The van der Waals surface area contributed by atoms with Gasteiger partial charge in [-0.3, -0.25) is 9.59 Å². The number of nitrogens with two attached hydrogens (primary N) is 1. The SMILES string of the molecule is COc1cc(NC(=O)CCC(C)N)c(C(=O)N2CCCCC2)cc1OC.Cl. The topological polar surface area (TPSA) is 93.9 Å². The molecule has 8 heteroatoms. The maximum absolute atomic E-state index is 13.0. The summed E-state index contributed by atoms with van der Waals surface area (Å²) < 4.78 is 10.6. The number of anilines is 1. The maximum atomic E-state index is 13.0. The first-order chi connectivity index (χ1) is 12.5. The summed E-state index contributed by atoms with van der Waals surface area (Å²) in [5, 5.41) is 2.83. The molecule has 1 aliphatic heterocycles. The van der Waals surface area contributed by atoms with Crippen LogP contribution in [0.1, 0.15) is 49.4 Å². The molecule has 2 amide bonds. The lowest BCUT2D eigenvalue weighted by atomic mass is 10.1. The van der Waals surface area contributed by atoms with Crippen LogP contribution in [0.3, 0.4) is 0 Å². The number of nitrogens with zero attached hydrogens (tertiary/aromatic N) is 1. The van der Waals surface area contributed by atoms with Crippen molar-refractivity contribution in [1.29, 1.82) is 0 Å². The average molecular weight is 400 g/mol.